The standard InChI is InChI=1S/C45H60N12O6Si/c1-12-56-35(19-28(5)52-56)41(60)50-43-48-32-21-30(39(46)58)15-16-34(32)54(43)24-26(3)27(4)25-55-38-33(49-44(55)51-42(61)36-20-29(6)53-57(36)13-2)22-31(40(47)59)23-37(38)62-17-14-18-63-64(10,11)45(7,8)9/h15-16,19-23H,12-14,17-18,24-25H2,1-11H3,(H2,46,58)(H2,47,59)(H,48,50,60)(H,49,51,61). The zero-order valence-corrected chi connectivity index (χ0v) is 39.7. The summed E-state index contributed by atoms with van der Waals surface area (Å²) in [6.07, 6.45) is 0.587. The molecule has 0 aliphatic rings. The largest absolute Gasteiger partial charge is 0.491 e. The molecule has 18 nitrogen and oxygen atoms in total. The fraction of sp³-hybridized carbons (Fsp3) is 0.422. The van der Waals surface area contributed by atoms with Gasteiger partial charge in [0.2, 0.25) is 23.7 Å². The van der Waals surface area contributed by atoms with Crippen LogP contribution in [0.4, 0.5) is 11.9 Å². The van der Waals surface area contributed by atoms with Crippen LogP contribution in [-0.2, 0) is 30.6 Å². The molecule has 6 aromatic rings. The van der Waals surface area contributed by atoms with E-state index in [4.69, 9.17) is 30.6 Å². The summed E-state index contributed by atoms with van der Waals surface area (Å²) in [5.74, 6) is -1.24. The molecule has 19 heteroatoms. The number of fused-ring (bicyclic) bond motifs is 2. The van der Waals surface area contributed by atoms with Crippen molar-refractivity contribution in [2.75, 3.05) is 23.8 Å². The lowest BCUT2D eigenvalue weighted by Gasteiger charge is -2.36. The highest BCUT2D eigenvalue weighted by Crippen LogP contribution is 2.37. The number of aryl methyl sites for hydroxylation is 4. The summed E-state index contributed by atoms with van der Waals surface area (Å²) in [6.45, 7) is 24.6. The van der Waals surface area contributed by atoms with Crippen molar-refractivity contribution in [2.45, 2.75) is 113 Å². The number of aromatic nitrogens is 8. The van der Waals surface area contributed by atoms with Gasteiger partial charge in [0.15, 0.2) is 8.32 Å². The third kappa shape index (κ3) is 9.94. The van der Waals surface area contributed by atoms with Gasteiger partial charge in [0.25, 0.3) is 11.8 Å². The molecular weight excluding hydrogens is 833 g/mol. The predicted molar refractivity (Wildman–Crippen MR) is 249 cm³/mol. The average Bonchev–Trinajstić information content (AvgIpc) is 3.99. The first-order valence-corrected chi connectivity index (χ1v) is 24.3. The Morgan fingerprint density at radius 1 is 0.719 bits per heavy atom. The third-order valence-electron chi connectivity index (χ3n) is 11.8. The van der Waals surface area contributed by atoms with E-state index in [-0.39, 0.29) is 47.8 Å². The minimum absolute atomic E-state index is 0.0492. The number of nitrogens with one attached hydrogen (secondary N) is 2. The lowest BCUT2D eigenvalue weighted by molar-refractivity contribution is 0.0992. The number of rotatable bonds is 18. The number of primary amides is 2. The molecule has 0 spiro atoms. The number of carbonyl (C=O) groups excluding carboxylic acids is 4. The molecule has 0 radical (unpaired) electrons. The van der Waals surface area contributed by atoms with Crippen LogP contribution in [-0.4, -0.2) is 83.8 Å². The Morgan fingerprint density at radius 2 is 1.23 bits per heavy atom. The van der Waals surface area contributed by atoms with Crippen molar-refractivity contribution in [3.63, 3.8) is 0 Å². The molecule has 4 amide bonds. The normalized spacial score (nSPS) is 12.5. The molecule has 6 rings (SSSR count). The Kier molecular flexibility index (Phi) is 13.6. The second-order valence-corrected chi connectivity index (χ2v) is 22.4. The molecule has 0 bridgehead atoms. The number of nitrogens with two attached hydrogens (primary N) is 2. The lowest BCUT2D eigenvalue weighted by Crippen LogP contribution is -2.41. The van der Waals surface area contributed by atoms with Crippen molar-refractivity contribution in [3.05, 3.63) is 87.5 Å². The van der Waals surface area contributed by atoms with Gasteiger partial charge in [-0.15, -0.1) is 0 Å². The number of amides is 4. The van der Waals surface area contributed by atoms with Gasteiger partial charge in [0, 0.05) is 50.3 Å². The quantitative estimate of drug-likeness (QED) is 0.0393. The number of imidazole rings is 2. The van der Waals surface area contributed by atoms with Gasteiger partial charge in [0.1, 0.15) is 22.7 Å². The van der Waals surface area contributed by atoms with Crippen LogP contribution < -0.4 is 26.8 Å². The van der Waals surface area contributed by atoms with E-state index in [2.05, 4.69) is 54.7 Å². The Balaban J connectivity index is 1.41. The molecule has 0 aliphatic heterocycles. The number of allylic oxidation sites excluding steroid dienone is 2. The van der Waals surface area contributed by atoms with Crippen LogP contribution in [0.3, 0.4) is 0 Å². The second kappa shape index (κ2) is 18.6. The number of nitrogens with zero attached hydrogens (tertiary/aromatic N) is 8. The molecule has 64 heavy (non-hydrogen) atoms. The smallest absolute Gasteiger partial charge is 0.276 e. The number of benzene rings is 2. The van der Waals surface area contributed by atoms with E-state index in [9.17, 15) is 19.2 Å². The van der Waals surface area contributed by atoms with Crippen LogP contribution in [0.5, 0.6) is 5.75 Å². The molecule has 4 heterocycles. The number of anilines is 2. The van der Waals surface area contributed by atoms with Crippen molar-refractivity contribution in [1.29, 1.82) is 0 Å². The van der Waals surface area contributed by atoms with Crippen LogP contribution in [0.25, 0.3) is 22.1 Å². The monoisotopic (exact) mass is 892 g/mol. The van der Waals surface area contributed by atoms with E-state index in [1.165, 1.54) is 0 Å². The maximum atomic E-state index is 14.0. The Labute approximate surface area is 373 Å². The van der Waals surface area contributed by atoms with Crippen LogP contribution in [0, 0.1) is 13.8 Å². The summed E-state index contributed by atoms with van der Waals surface area (Å²) in [7, 11) is -1.99. The van der Waals surface area contributed by atoms with Crippen molar-refractivity contribution >= 4 is 65.9 Å². The Hall–Kier alpha value is -6.60. The fourth-order valence-electron chi connectivity index (χ4n) is 7.07. The van der Waals surface area contributed by atoms with Gasteiger partial charge in [-0.1, -0.05) is 31.9 Å². The zero-order valence-electron chi connectivity index (χ0n) is 38.7. The number of carbonyl (C=O) groups is 4. The molecule has 4 aromatic heterocycles. The summed E-state index contributed by atoms with van der Waals surface area (Å²) in [4.78, 5) is 62.1. The van der Waals surface area contributed by atoms with E-state index in [1.54, 1.807) is 51.8 Å². The first-order chi connectivity index (χ1) is 30.1. The minimum Gasteiger partial charge on any atom is -0.491 e. The zero-order chi connectivity index (χ0) is 46.8. The Morgan fingerprint density at radius 3 is 1.77 bits per heavy atom. The molecular formula is C45H60N12O6Si. The molecule has 6 N–H and O–H groups in total. The SMILES string of the molecule is CCn1nc(C)cc1C(=O)Nc1nc2cc(C(N)=O)ccc2n1CC(C)=C(C)Cn1c(NC(=O)c2cc(C)nn2CC)nc2cc(C(N)=O)cc(OCCCO[Si](C)(C)C(C)(C)C)c21. The molecule has 0 atom stereocenters. The maximum Gasteiger partial charge on any atom is 0.276 e. The van der Waals surface area contributed by atoms with Crippen molar-refractivity contribution in [1.82, 2.24) is 38.7 Å². The second-order valence-electron chi connectivity index (χ2n) is 17.6. The highest BCUT2D eigenvalue weighted by Gasteiger charge is 2.37. The van der Waals surface area contributed by atoms with Gasteiger partial charge in [-0.05, 0) is 102 Å². The Bertz CT molecular complexity index is 2800. The highest BCUT2D eigenvalue weighted by molar-refractivity contribution is 6.74. The van der Waals surface area contributed by atoms with Gasteiger partial charge in [0.05, 0.1) is 34.5 Å². The number of hydrogen-bond acceptors (Lipinski definition) is 10. The van der Waals surface area contributed by atoms with Gasteiger partial charge in [-0.3, -0.25) is 39.2 Å². The summed E-state index contributed by atoms with van der Waals surface area (Å²) in [6, 6.07) is 11.6. The topological polar surface area (TPSA) is 234 Å². The van der Waals surface area contributed by atoms with E-state index >= 15 is 0 Å². The molecule has 2 aromatic carbocycles. The fourth-order valence-corrected chi connectivity index (χ4v) is 8.16. The molecule has 340 valence electrons. The van der Waals surface area contributed by atoms with E-state index in [0.717, 1.165) is 11.1 Å². The molecule has 0 saturated heterocycles. The highest BCUT2D eigenvalue weighted by atomic mass is 28.4. The molecule has 0 fully saturated rings. The maximum absolute atomic E-state index is 14.0. The number of ether oxygens (including phenoxy) is 1. The van der Waals surface area contributed by atoms with Crippen LogP contribution in [0.15, 0.2) is 53.6 Å². The van der Waals surface area contributed by atoms with E-state index < -0.39 is 31.9 Å². The first kappa shape index (κ1) is 46.9. The third-order valence-corrected chi connectivity index (χ3v) is 16.3. The summed E-state index contributed by atoms with van der Waals surface area (Å²) >= 11 is 0. The summed E-state index contributed by atoms with van der Waals surface area (Å²) in [5.41, 5.74) is 17.9. The van der Waals surface area contributed by atoms with Crippen LogP contribution in [0.2, 0.25) is 18.1 Å². The van der Waals surface area contributed by atoms with Gasteiger partial charge in [-0.2, -0.15) is 10.2 Å². The lowest BCUT2D eigenvalue weighted by atomic mass is 10.1. The summed E-state index contributed by atoms with van der Waals surface area (Å²) < 4.78 is 19.8. The predicted octanol–water partition coefficient (Wildman–Crippen LogP) is 6.97. The van der Waals surface area contributed by atoms with Crippen LogP contribution in [0.1, 0.15) is 108 Å². The van der Waals surface area contributed by atoms with Crippen LogP contribution >= 0.6 is 0 Å². The summed E-state index contributed by atoms with van der Waals surface area (Å²) in [5, 5.41) is 14.9. The molecule has 0 unspecified atom stereocenters. The molecule has 0 aliphatic carbocycles. The van der Waals surface area contributed by atoms with Gasteiger partial charge < -0.3 is 29.8 Å². The average molecular weight is 893 g/mol. The van der Waals surface area contributed by atoms with E-state index in [0.29, 0.717) is 76.7 Å². The van der Waals surface area contributed by atoms with Gasteiger partial charge >= 0.3 is 0 Å². The first-order valence-electron chi connectivity index (χ1n) is 21.4. The number of hydrogen-bond donors (Lipinski definition) is 4. The van der Waals surface area contributed by atoms with Gasteiger partial charge in [-0.25, -0.2) is 9.97 Å². The molecule has 0 saturated carbocycles. The van der Waals surface area contributed by atoms with Crippen molar-refractivity contribution in [2.24, 2.45) is 11.5 Å². The van der Waals surface area contributed by atoms with Crippen molar-refractivity contribution < 1.29 is 28.3 Å². The minimum atomic E-state index is -1.99. The van der Waals surface area contributed by atoms with E-state index in [1.807, 2.05) is 50.7 Å². The van der Waals surface area contributed by atoms with Crippen molar-refractivity contribution in [3.8, 4) is 5.75 Å².